The van der Waals surface area contributed by atoms with Crippen LogP contribution in [0.2, 0.25) is 0 Å². The topological polar surface area (TPSA) is 71.1 Å². The van der Waals surface area contributed by atoms with Crippen LogP contribution in [-0.2, 0) is 16.4 Å². The van der Waals surface area contributed by atoms with Gasteiger partial charge < -0.3 is 5.32 Å². The standard InChI is InChI=1S/C14H15F2N3O2S/c1-17-22(20,21)12-4-5-14(19-9-12)18-7-6-10-2-3-11(15)8-13(10)16/h2-5,8-9,17H,6-7H2,1H3,(H,18,19). The van der Waals surface area contributed by atoms with Crippen LogP contribution in [0.3, 0.4) is 0 Å². The maximum absolute atomic E-state index is 13.4. The van der Waals surface area contributed by atoms with Crippen molar-refractivity contribution in [2.45, 2.75) is 11.3 Å². The summed E-state index contributed by atoms with van der Waals surface area (Å²) in [6.45, 7) is 0.383. The summed E-state index contributed by atoms with van der Waals surface area (Å²) in [5.74, 6) is -0.736. The van der Waals surface area contributed by atoms with Crippen molar-refractivity contribution in [2.75, 3.05) is 18.9 Å². The first kappa shape index (κ1) is 16.3. The van der Waals surface area contributed by atoms with Crippen LogP contribution in [0.15, 0.2) is 41.4 Å². The lowest BCUT2D eigenvalue weighted by Crippen LogP contribution is -2.18. The van der Waals surface area contributed by atoms with E-state index < -0.39 is 21.7 Å². The Kier molecular flexibility index (Phi) is 5.04. The molecule has 0 aliphatic heterocycles. The van der Waals surface area contributed by atoms with Gasteiger partial charge in [-0.1, -0.05) is 6.07 Å². The van der Waals surface area contributed by atoms with Crippen LogP contribution in [0.1, 0.15) is 5.56 Å². The summed E-state index contributed by atoms with van der Waals surface area (Å²) < 4.78 is 51.5. The molecule has 2 N–H and O–H groups in total. The highest BCUT2D eigenvalue weighted by molar-refractivity contribution is 7.89. The molecule has 1 aromatic carbocycles. The zero-order chi connectivity index (χ0) is 16.2. The van der Waals surface area contributed by atoms with E-state index in [0.29, 0.717) is 24.3 Å². The molecule has 1 aromatic heterocycles. The van der Waals surface area contributed by atoms with Gasteiger partial charge in [-0.25, -0.2) is 26.9 Å². The van der Waals surface area contributed by atoms with Gasteiger partial charge in [-0.15, -0.1) is 0 Å². The number of sulfonamides is 1. The van der Waals surface area contributed by atoms with Crippen molar-refractivity contribution in [2.24, 2.45) is 0 Å². The zero-order valence-electron chi connectivity index (χ0n) is 11.8. The van der Waals surface area contributed by atoms with E-state index in [4.69, 9.17) is 0 Å². The average Bonchev–Trinajstić information content (AvgIpc) is 2.50. The molecule has 0 unspecified atom stereocenters. The maximum Gasteiger partial charge on any atom is 0.241 e. The Morgan fingerprint density at radius 2 is 1.95 bits per heavy atom. The predicted molar refractivity (Wildman–Crippen MR) is 79.0 cm³/mol. The van der Waals surface area contributed by atoms with Gasteiger partial charge in [-0.05, 0) is 37.2 Å². The molecular formula is C14H15F2N3O2S. The fraction of sp³-hybridized carbons (Fsp3) is 0.214. The number of nitrogens with one attached hydrogen (secondary N) is 2. The summed E-state index contributed by atoms with van der Waals surface area (Å²) in [5.41, 5.74) is 0.392. The van der Waals surface area contributed by atoms with Crippen molar-refractivity contribution in [1.29, 1.82) is 0 Å². The van der Waals surface area contributed by atoms with Crippen LogP contribution in [0.4, 0.5) is 14.6 Å². The smallest absolute Gasteiger partial charge is 0.241 e. The van der Waals surface area contributed by atoms with Gasteiger partial charge in [0.05, 0.1) is 0 Å². The molecule has 0 fully saturated rings. The Hall–Kier alpha value is -2.06. The van der Waals surface area contributed by atoms with Crippen molar-refractivity contribution in [1.82, 2.24) is 9.71 Å². The minimum absolute atomic E-state index is 0.0603. The molecule has 22 heavy (non-hydrogen) atoms. The molecule has 118 valence electrons. The number of nitrogens with zero attached hydrogens (tertiary/aromatic N) is 1. The zero-order valence-corrected chi connectivity index (χ0v) is 12.6. The normalized spacial score (nSPS) is 11.4. The highest BCUT2D eigenvalue weighted by Gasteiger charge is 2.11. The molecule has 0 aliphatic rings. The highest BCUT2D eigenvalue weighted by atomic mass is 32.2. The maximum atomic E-state index is 13.4. The number of hydrogen-bond acceptors (Lipinski definition) is 4. The van der Waals surface area contributed by atoms with Gasteiger partial charge in [0, 0.05) is 18.8 Å². The fourth-order valence-electron chi connectivity index (χ4n) is 1.81. The van der Waals surface area contributed by atoms with E-state index in [1.807, 2.05) is 0 Å². The summed E-state index contributed by atoms with van der Waals surface area (Å²) in [5, 5.41) is 2.94. The largest absolute Gasteiger partial charge is 0.370 e. The van der Waals surface area contributed by atoms with E-state index in [2.05, 4.69) is 15.0 Å². The van der Waals surface area contributed by atoms with Gasteiger partial charge in [0.2, 0.25) is 10.0 Å². The second kappa shape index (κ2) is 6.80. The first-order valence-electron chi connectivity index (χ1n) is 6.50. The van der Waals surface area contributed by atoms with E-state index in [1.165, 1.54) is 37.5 Å². The molecule has 1 heterocycles. The van der Waals surface area contributed by atoms with Gasteiger partial charge >= 0.3 is 0 Å². The van der Waals surface area contributed by atoms with Crippen LogP contribution in [0, 0.1) is 11.6 Å². The monoisotopic (exact) mass is 327 g/mol. The van der Waals surface area contributed by atoms with Crippen molar-refractivity contribution < 1.29 is 17.2 Å². The first-order chi connectivity index (χ1) is 10.4. The molecule has 8 heteroatoms. The van der Waals surface area contributed by atoms with Gasteiger partial charge in [-0.3, -0.25) is 0 Å². The lowest BCUT2D eigenvalue weighted by molar-refractivity contribution is 0.572. The van der Waals surface area contributed by atoms with E-state index >= 15 is 0 Å². The number of hydrogen-bond donors (Lipinski definition) is 2. The molecule has 2 rings (SSSR count). The van der Waals surface area contributed by atoms with Crippen LogP contribution >= 0.6 is 0 Å². The molecule has 0 bridgehead atoms. The number of rotatable bonds is 6. The van der Waals surface area contributed by atoms with Crippen molar-refractivity contribution in [3.63, 3.8) is 0 Å². The minimum Gasteiger partial charge on any atom is -0.370 e. The van der Waals surface area contributed by atoms with Crippen LogP contribution in [0.5, 0.6) is 0 Å². The quantitative estimate of drug-likeness (QED) is 0.850. The SMILES string of the molecule is CNS(=O)(=O)c1ccc(NCCc2ccc(F)cc2F)nc1. The molecule has 2 aromatic rings. The summed E-state index contributed by atoms with van der Waals surface area (Å²) in [6, 6.07) is 6.37. The van der Waals surface area contributed by atoms with Crippen molar-refractivity contribution in [3.05, 3.63) is 53.7 Å². The number of pyridine rings is 1. The van der Waals surface area contributed by atoms with Gasteiger partial charge in [0.1, 0.15) is 22.3 Å². The van der Waals surface area contributed by atoms with Crippen molar-refractivity contribution in [3.8, 4) is 0 Å². The number of halogens is 2. The Bertz CT molecular complexity index is 749. The predicted octanol–water partition coefficient (Wildman–Crippen LogP) is 1.92. The number of aromatic nitrogens is 1. The van der Waals surface area contributed by atoms with E-state index in [1.54, 1.807) is 0 Å². The Morgan fingerprint density at radius 1 is 1.18 bits per heavy atom. The van der Waals surface area contributed by atoms with Crippen molar-refractivity contribution >= 4 is 15.8 Å². The summed E-state index contributed by atoms with van der Waals surface area (Å²) >= 11 is 0. The minimum atomic E-state index is -3.51. The van der Waals surface area contributed by atoms with E-state index in [0.717, 1.165) is 6.07 Å². The first-order valence-corrected chi connectivity index (χ1v) is 7.98. The van der Waals surface area contributed by atoms with Gasteiger partial charge in [0.15, 0.2) is 0 Å². The summed E-state index contributed by atoms with van der Waals surface area (Å²) in [6.07, 6.45) is 1.58. The van der Waals surface area contributed by atoms with Gasteiger partial charge in [-0.2, -0.15) is 0 Å². The van der Waals surface area contributed by atoms with Gasteiger partial charge in [0.25, 0.3) is 0 Å². The highest BCUT2D eigenvalue weighted by Crippen LogP contribution is 2.12. The Morgan fingerprint density at radius 3 is 2.55 bits per heavy atom. The number of anilines is 1. The molecule has 0 spiro atoms. The molecule has 0 saturated heterocycles. The Balaban J connectivity index is 1.95. The van der Waals surface area contributed by atoms with Crippen LogP contribution < -0.4 is 10.0 Å². The molecule has 0 radical (unpaired) electrons. The lowest BCUT2D eigenvalue weighted by atomic mass is 10.1. The third-order valence-electron chi connectivity index (χ3n) is 3.03. The third-order valence-corrected chi connectivity index (χ3v) is 4.43. The molecule has 5 nitrogen and oxygen atoms in total. The van der Waals surface area contributed by atoms with Crippen LogP contribution in [0.25, 0.3) is 0 Å². The second-order valence-electron chi connectivity index (χ2n) is 4.50. The molecule has 0 atom stereocenters. The van der Waals surface area contributed by atoms with E-state index in [-0.39, 0.29) is 4.90 Å². The third kappa shape index (κ3) is 3.99. The second-order valence-corrected chi connectivity index (χ2v) is 6.39. The van der Waals surface area contributed by atoms with Crippen LogP contribution in [-0.4, -0.2) is 27.0 Å². The summed E-state index contributed by atoms with van der Waals surface area (Å²) in [4.78, 5) is 4.04. The molecular weight excluding hydrogens is 312 g/mol. The average molecular weight is 327 g/mol. The Labute approximate surface area is 127 Å². The fourth-order valence-corrected chi connectivity index (χ4v) is 2.49. The lowest BCUT2D eigenvalue weighted by Gasteiger charge is -2.07. The molecule has 0 amide bonds. The van der Waals surface area contributed by atoms with E-state index in [9.17, 15) is 17.2 Å². The molecule has 0 aliphatic carbocycles. The summed E-state index contributed by atoms with van der Waals surface area (Å²) in [7, 11) is -2.20. The molecule has 0 saturated carbocycles. The number of benzene rings is 1.